The molecule has 0 aliphatic rings. The molecular weight excluding hydrogens is 350 g/mol. The summed E-state index contributed by atoms with van der Waals surface area (Å²) in [5.74, 6) is 0.243. The molecule has 1 N–H and O–H groups in total. The number of hydrogen-bond acceptors (Lipinski definition) is 5. The first-order valence-corrected chi connectivity index (χ1v) is 7.13. The van der Waals surface area contributed by atoms with Gasteiger partial charge < -0.3 is 8.83 Å². The number of nitrogens with zero attached hydrogens (tertiary/aromatic N) is 2. The summed E-state index contributed by atoms with van der Waals surface area (Å²) >= 11 is 3.18. The van der Waals surface area contributed by atoms with Crippen molar-refractivity contribution in [3.63, 3.8) is 0 Å². The monoisotopic (exact) mass is 359 g/mol. The Hall–Kier alpha value is -2.67. The molecule has 2 aromatic heterocycles. The zero-order valence-corrected chi connectivity index (χ0v) is 12.8. The van der Waals surface area contributed by atoms with Crippen molar-refractivity contribution in [2.45, 2.75) is 0 Å². The largest absolute Gasteiger partial charge is 0.444 e. The second-order valence-electron chi connectivity index (χ2n) is 4.25. The zero-order valence-electron chi connectivity index (χ0n) is 11.2. The van der Waals surface area contributed by atoms with E-state index in [2.05, 4.69) is 31.4 Å². The number of halogens is 1. The van der Waals surface area contributed by atoms with Crippen molar-refractivity contribution in [1.29, 1.82) is 0 Å². The van der Waals surface area contributed by atoms with E-state index in [0.29, 0.717) is 10.4 Å². The molecule has 3 rings (SSSR count). The van der Waals surface area contributed by atoms with Crippen LogP contribution in [0.3, 0.4) is 0 Å². The third-order valence-corrected chi connectivity index (χ3v) is 3.09. The topological polar surface area (TPSA) is 81.2 Å². The van der Waals surface area contributed by atoms with Gasteiger partial charge in [0.05, 0.1) is 0 Å². The van der Waals surface area contributed by atoms with Gasteiger partial charge in [0.1, 0.15) is 0 Å². The van der Waals surface area contributed by atoms with E-state index < -0.39 is 0 Å². The van der Waals surface area contributed by atoms with Crippen molar-refractivity contribution >= 4 is 33.9 Å². The second-order valence-corrected chi connectivity index (χ2v) is 5.03. The highest BCUT2D eigenvalue weighted by Crippen LogP contribution is 2.24. The summed E-state index contributed by atoms with van der Waals surface area (Å²) in [7, 11) is 0. The zero-order chi connectivity index (χ0) is 15.4. The average Bonchev–Trinajstić information content (AvgIpc) is 3.15. The van der Waals surface area contributed by atoms with Gasteiger partial charge in [-0.15, -0.1) is 5.10 Å². The highest BCUT2D eigenvalue weighted by Gasteiger charge is 2.13. The number of benzene rings is 1. The molecule has 7 heteroatoms. The average molecular weight is 360 g/mol. The minimum atomic E-state index is -0.361. The number of hydrogen-bond donors (Lipinski definition) is 1. The highest BCUT2D eigenvalue weighted by molar-refractivity contribution is 9.10. The van der Waals surface area contributed by atoms with Gasteiger partial charge in [0, 0.05) is 6.08 Å². The molecule has 2 heterocycles. The van der Waals surface area contributed by atoms with Crippen molar-refractivity contribution in [2.75, 3.05) is 5.32 Å². The van der Waals surface area contributed by atoms with E-state index in [-0.39, 0.29) is 17.8 Å². The van der Waals surface area contributed by atoms with Gasteiger partial charge in [-0.2, -0.15) is 0 Å². The highest BCUT2D eigenvalue weighted by atomic mass is 79.9. The van der Waals surface area contributed by atoms with E-state index in [0.717, 1.165) is 5.56 Å². The minimum absolute atomic E-state index is 0.00485. The van der Waals surface area contributed by atoms with E-state index in [1.165, 1.54) is 6.08 Å². The van der Waals surface area contributed by atoms with E-state index in [1.807, 2.05) is 30.3 Å². The number of carbonyl (C=O) groups excluding carboxylic acids is 1. The lowest BCUT2D eigenvalue weighted by atomic mass is 10.2. The molecule has 22 heavy (non-hydrogen) atoms. The van der Waals surface area contributed by atoms with Crippen molar-refractivity contribution < 1.29 is 13.6 Å². The first kappa shape index (κ1) is 14.3. The Morgan fingerprint density at radius 1 is 1.09 bits per heavy atom. The minimum Gasteiger partial charge on any atom is -0.444 e. The Morgan fingerprint density at radius 3 is 2.64 bits per heavy atom. The molecule has 0 saturated heterocycles. The number of rotatable bonds is 4. The predicted molar refractivity (Wildman–Crippen MR) is 83.8 cm³/mol. The maximum absolute atomic E-state index is 11.8. The standard InChI is InChI=1S/C15H10BrN3O3/c16-12-8-7-11(21-12)14-18-19-15(22-14)17-13(20)9-6-10-4-2-1-3-5-10/h1-9H,(H,17,19,20). The molecule has 0 radical (unpaired) electrons. The summed E-state index contributed by atoms with van der Waals surface area (Å²) in [5.41, 5.74) is 0.921. The summed E-state index contributed by atoms with van der Waals surface area (Å²) in [6.07, 6.45) is 3.08. The van der Waals surface area contributed by atoms with E-state index in [1.54, 1.807) is 18.2 Å². The number of carbonyl (C=O) groups is 1. The quantitative estimate of drug-likeness (QED) is 0.717. The van der Waals surface area contributed by atoms with Crippen LogP contribution >= 0.6 is 15.9 Å². The molecule has 0 bridgehead atoms. The van der Waals surface area contributed by atoms with Crippen LogP contribution in [-0.2, 0) is 4.79 Å². The molecule has 0 aliphatic heterocycles. The predicted octanol–water partition coefficient (Wildman–Crippen LogP) is 3.74. The van der Waals surface area contributed by atoms with Gasteiger partial charge in [-0.3, -0.25) is 10.1 Å². The lowest BCUT2D eigenvalue weighted by Gasteiger charge is -1.94. The van der Waals surface area contributed by atoms with Crippen molar-refractivity contribution in [2.24, 2.45) is 0 Å². The summed E-state index contributed by atoms with van der Waals surface area (Å²) in [6, 6.07) is 12.9. The van der Waals surface area contributed by atoms with Crippen LogP contribution in [0.25, 0.3) is 17.7 Å². The molecule has 0 atom stereocenters. The van der Waals surface area contributed by atoms with Crippen LogP contribution in [-0.4, -0.2) is 16.1 Å². The maximum atomic E-state index is 11.8. The maximum Gasteiger partial charge on any atom is 0.322 e. The first-order valence-electron chi connectivity index (χ1n) is 6.34. The van der Waals surface area contributed by atoms with Gasteiger partial charge >= 0.3 is 6.01 Å². The fraction of sp³-hybridized carbons (Fsp3) is 0. The van der Waals surface area contributed by atoms with Crippen LogP contribution in [0.5, 0.6) is 0 Å². The normalized spacial score (nSPS) is 11.0. The molecule has 0 unspecified atom stereocenters. The fourth-order valence-electron chi connectivity index (χ4n) is 1.69. The SMILES string of the molecule is O=C(C=Cc1ccccc1)Nc1nnc(-c2ccc(Br)o2)o1. The van der Waals surface area contributed by atoms with Gasteiger partial charge in [0.25, 0.3) is 11.8 Å². The number of amides is 1. The molecule has 3 aromatic rings. The van der Waals surface area contributed by atoms with Crippen molar-refractivity contribution in [1.82, 2.24) is 10.2 Å². The van der Waals surface area contributed by atoms with Crippen LogP contribution in [0.15, 0.2) is 62.0 Å². The Labute approximate surface area is 134 Å². The van der Waals surface area contributed by atoms with E-state index in [4.69, 9.17) is 8.83 Å². The van der Waals surface area contributed by atoms with E-state index in [9.17, 15) is 4.79 Å². The van der Waals surface area contributed by atoms with Crippen LogP contribution in [0.2, 0.25) is 0 Å². The summed E-state index contributed by atoms with van der Waals surface area (Å²) in [5, 5.41) is 10.0. The van der Waals surface area contributed by atoms with Gasteiger partial charge in [-0.05, 0) is 39.7 Å². The summed E-state index contributed by atoms with van der Waals surface area (Å²) in [6.45, 7) is 0. The Balaban J connectivity index is 1.65. The summed E-state index contributed by atoms with van der Waals surface area (Å²) in [4.78, 5) is 11.8. The van der Waals surface area contributed by atoms with Gasteiger partial charge in [0.2, 0.25) is 0 Å². The smallest absolute Gasteiger partial charge is 0.322 e. The Bertz CT molecular complexity index is 808. The van der Waals surface area contributed by atoms with Gasteiger partial charge in [0.15, 0.2) is 10.4 Å². The first-order chi connectivity index (χ1) is 10.7. The van der Waals surface area contributed by atoms with Crippen molar-refractivity contribution in [3.05, 3.63) is 58.8 Å². The molecule has 110 valence electrons. The molecule has 1 aromatic carbocycles. The molecule has 0 fully saturated rings. The van der Waals surface area contributed by atoms with Gasteiger partial charge in [-0.1, -0.05) is 35.4 Å². The fourth-order valence-corrected chi connectivity index (χ4v) is 1.99. The molecule has 6 nitrogen and oxygen atoms in total. The molecule has 0 aliphatic carbocycles. The molecule has 1 amide bonds. The Morgan fingerprint density at radius 2 is 1.91 bits per heavy atom. The van der Waals surface area contributed by atoms with Crippen LogP contribution in [0, 0.1) is 0 Å². The number of nitrogens with one attached hydrogen (secondary N) is 1. The van der Waals surface area contributed by atoms with Crippen LogP contribution < -0.4 is 5.32 Å². The van der Waals surface area contributed by atoms with Crippen LogP contribution in [0.1, 0.15) is 5.56 Å². The molecular formula is C15H10BrN3O3. The number of furan rings is 1. The lowest BCUT2D eigenvalue weighted by Crippen LogP contribution is -2.07. The van der Waals surface area contributed by atoms with Crippen LogP contribution in [0.4, 0.5) is 6.01 Å². The van der Waals surface area contributed by atoms with Crippen molar-refractivity contribution in [3.8, 4) is 11.7 Å². The second kappa shape index (κ2) is 6.40. The Kier molecular flexibility index (Phi) is 4.15. The van der Waals surface area contributed by atoms with E-state index >= 15 is 0 Å². The third kappa shape index (κ3) is 3.50. The lowest BCUT2D eigenvalue weighted by molar-refractivity contribution is -0.112. The molecule has 0 saturated carbocycles. The third-order valence-electron chi connectivity index (χ3n) is 2.67. The summed E-state index contributed by atoms with van der Waals surface area (Å²) < 4.78 is 11.1. The van der Waals surface area contributed by atoms with Gasteiger partial charge in [-0.25, -0.2) is 0 Å². The number of anilines is 1. The number of aromatic nitrogens is 2. The molecule has 0 spiro atoms.